The number of carbonyl (C=O) groups is 2. The molecular formula is C23H22N6O3S2. The maximum Gasteiger partial charge on any atom is 0.271 e. The van der Waals surface area contributed by atoms with Crippen LogP contribution in [0.5, 0.6) is 0 Å². The molecule has 174 valence electrons. The minimum atomic E-state index is -0.515. The second-order valence-electron chi connectivity index (χ2n) is 7.68. The predicted molar refractivity (Wildman–Crippen MR) is 129 cm³/mol. The van der Waals surface area contributed by atoms with E-state index in [1.165, 1.54) is 23.1 Å². The maximum atomic E-state index is 12.6. The van der Waals surface area contributed by atoms with Gasteiger partial charge in [0, 0.05) is 17.6 Å². The number of furan rings is 1. The van der Waals surface area contributed by atoms with Gasteiger partial charge >= 0.3 is 0 Å². The second-order valence-corrected chi connectivity index (χ2v) is 9.57. The number of nitrogens with zero attached hydrogens (tertiary/aromatic N) is 4. The first-order valence-electron chi connectivity index (χ1n) is 10.9. The number of hydrogen-bond donors (Lipinski definition) is 2. The number of nitrogens with one attached hydrogen (secondary N) is 2. The van der Waals surface area contributed by atoms with Crippen molar-refractivity contribution in [2.75, 3.05) is 6.54 Å². The number of rotatable bonds is 7. The summed E-state index contributed by atoms with van der Waals surface area (Å²) in [6.45, 7) is 0.651. The highest BCUT2D eigenvalue weighted by atomic mass is 32.2. The minimum absolute atomic E-state index is 0.135. The molecule has 1 fully saturated rings. The van der Waals surface area contributed by atoms with E-state index in [9.17, 15) is 9.59 Å². The summed E-state index contributed by atoms with van der Waals surface area (Å²) in [6.07, 6.45) is 4.06. The second kappa shape index (κ2) is 10.2. The normalized spacial score (nSPS) is 16.1. The lowest BCUT2D eigenvalue weighted by Gasteiger charge is -2.14. The molecule has 1 aliphatic heterocycles. The zero-order valence-electron chi connectivity index (χ0n) is 18.1. The molecule has 1 atom stereocenters. The monoisotopic (exact) mass is 494 g/mol. The Labute approximate surface area is 204 Å². The van der Waals surface area contributed by atoms with Gasteiger partial charge in [0.05, 0.1) is 12.0 Å². The zero-order chi connectivity index (χ0) is 23.3. The van der Waals surface area contributed by atoms with E-state index in [1.807, 2.05) is 47.0 Å². The largest absolute Gasteiger partial charge is 0.461 e. The van der Waals surface area contributed by atoms with Gasteiger partial charge < -0.3 is 15.1 Å². The van der Waals surface area contributed by atoms with Gasteiger partial charge in [0.15, 0.2) is 10.9 Å². The minimum Gasteiger partial charge on any atom is -0.461 e. The first-order valence-corrected chi connectivity index (χ1v) is 12.8. The Hall–Kier alpha value is -3.44. The van der Waals surface area contributed by atoms with Gasteiger partial charge in [-0.15, -0.1) is 21.5 Å². The number of aromatic nitrogens is 4. The van der Waals surface area contributed by atoms with Crippen LogP contribution in [0, 0.1) is 0 Å². The average molecular weight is 495 g/mol. The van der Waals surface area contributed by atoms with E-state index >= 15 is 0 Å². The van der Waals surface area contributed by atoms with Gasteiger partial charge in [-0.2, -0.15) is 0 Å². The first-order chi connectivity index (χ1) is 16.7. The molecule has 11 heteroatoms. The van der Waals surface area contributed by atoms with Crippen molar-refractivity contribution < 1.29 is 14.0 Å². The molecule has 4 aromatic rings. The number of benzene rings is 1. The van der Waals surface area contributed by atoms with Crippen LogP contribution >= 0.6 is 23.1 Å². The van der Waals surface area contributed by atoms with Gasteiger partial charge in [-0.05, 0) is 43.5 Å². The number of thiazole rings is 1. The summed E-state index contributed by atoms with van der Waals surface area (Å²) in [4.78, 5) is 29.2. The van der Waals surface area contributed by atoms with Gasteiger partial charge in [-0.3, -0.25) is 14.2 Å². The topological polar surface area (TPSA) is 115 Å². The fourth-order valence-electron chi connectivity index (χ4n) is 3.66. The Balaban J connectivity index is 1.30. The highest BCUT2D eigenvalue weighted by Crippen LogP contribution is 2.30. The maximum absolute atomic E-state index is 12.6. The summed E-state index contributed by atoms with van der Waals surface area (Å²) in [5, 5.41) is 17.5. The summed E-state index contributed by atoms with van der Waals surface area (Å²) in [7, 11) is 0. The lowest BCUT2D eigenvalue weighted by molar-refractivity contribution is -0.122. The van der Waals surface area contributed by atoms with Crippen molar-refractivity contribution in [2.45, 2.75) is 36.2 Å². The van der Waals surface area contributed by atoms with Crippen LogP contribution < -0.4 is 10.6 Å². The third kappa shape index (κ3) is 4.90. The van der Waals surface area contributed by atoms with E-state index in [0.717, 1.165) is 23.5 Å². The number of hydrogen-bond acceptors (Lipinski definition) is 8. The molecular weight excluding hydrogens is 472 g/mol. The molecule has 0 aliphatic carbocycles. The van der Waals surface area contributed by atoms with Crippen LogP contribution in [0.2, 0.25) is 0 Å². The van der Waals surface area contributed by atoms with Crippen LogP contribution in [0.25, 0.3) is 17.3 Å². The van der Waals surface area contributed by atoms with Crippen LogP contribution in [-0.2, 0) is 10.5 Å². The molecule has 34 heavy (non-hydrogen) atoms. The van der Waals surface area contributed by atoms with E-state index in [2.05, 4.69) is 25.8 Å². The van der Waals surface area contributed by atoms with Crippen molar-refractivity contribution in [3.8, 4) is 17.3 Å². The lowest BCUT2D eigenvalue weighted by atomic mass is 10.1. The van der Waals surface area contributed by atoms with Crippen molar-refractivity contribution in [3.63, 3.8) is 0 Å². The summed E-state index contributed by atoms with van der Waals surface area (Å²) in [5.41, 5.74) is 1.24. The van der Waals surface area contributed by atoms with Crippen molar-refractivity contribution >= 4 is 34.9 Å². The van der Waals surface area contributed by atoms with Gasteiger partial charge in [-0.1, -0.05) is 30.0 Å². The molecule has 4 heterocycles. The smallest absolute Gasteiger partial charge is 0.271 e. The summed E-state index contributed by atoms with van der Waals surface area (Å²) in [6, 6.07) is 13.0. The summed E-state index contributed by atoms with van der Waals surface area (Å²) in [5.74, 6) is 1.29. The summed E-state index contributed by atoms with van der Waals surface area (Å²) < 4.78 is 7.49. The number of carbonyl (C=O) groups excluding carboxylic acids is 2. The Morgan fingerprint density at radius 2 is 2.09 bits per heavy atom. The Bertz CT molecular complexity index is 1270. The third-order valence-corrected chi connectivity index (χ3v) is 7.31. The number of para-hydroxylation sites is 1. The highest BCUT2D eigenvalue weighted by Gasteiger charge is 2.24. The molecule has 0 saturated carbocycles. The molecule has 1 aliphatic rings. The SMILES string of the molecule is O=C(NC1CCCCNC1=O)c1csc(CSc2nnc(-c3ccco3)n2-c2ccccc2)n1. The average Bonchev–Trinajstić information content (AvgIpc) is 3.60. The third-order valence-electron chi connectivity index (χ3n) is 5.34. The van der Waals surface area contributed by atoms with Gasteiger partial charge in [0.1, 0.15) is 16.7 Å². The Kier molecular flexibility index (Phi) is 6.72. The molecule has 1 unspecified atom stereocenters. The highest BCUT2D eigenvalue weighted by molar-refractivity contribution is 7.98. The van der Waals surface area contributed by atoms with Crippen LogP contribution in [0.3, 0.4) is 0 Å². The molecule has 1 saturated heterocycles. The van der Waals surface area contributed by atoms with Gasteiger partial charge in [0.2, 0.25) is 11.7 Å². The van der Waals surface area contributed by atoms with Crippen molar-refractivity contribution in [1.29, 1.82) is 0 Å². The van der Waals surface area contributed by atoms with Crippen molar-refractivity contribution in [1.82, 2.24) is 30.4 Å². The Morgan fingerprint density at radius 1 is 1.21 bits per heavy atom. The number of amides is 2. The van der Waals surface area contributed by atoms with E-state index in [-0.39, 0.29) is 11.8 Å². The molecule has 1 aromatic carbocycles. The molecule has 0 radical (unpaired) electrons. The first kappa shape index (κ1) is 22.4. The fraction of sp³-hybridized carbons (Fsp3) is 0.261. The lowest BCUT2D eigenvalue weighted by Crippen LogP contribution is -2.45. The van der Waals surface area contributed by atoms with E-state index < -0.39 is 6.04 Å². The fourth-order valence-corrected chi connectivity index (χ4v) is 5.40. The Morgan fingerprint density at radius 3 is 2.91 bits per heavy atom. The van der Waals surface area contributed by atoms with Gasteiger partial charge in [0.25, 0.3) is 5.91 Å². The zero-order valence-corrected chi connectivity index (χ0v) is 19.8. The standard InChI is InChI=1S/C23H22N6O3S2/c30-21-16(9-4-5-11-24-21)26-22(31)17-13-33-19(25-17)14-34-23-28-27-20(18-10-6-12-32-18)29(23)15-7-2-1-3-8-15/h1-3,6-8,10,12-13,16H,4-5,9,11,14H2,(H,24,30)(H,26,31). The van der Waals surface area contributed by atoms with Gasteiger partial charge in [-0.25, -0.2) is 4.98 Å². The molecule has 3 aromatic heterocycles. The van der Waals surface area contributed by atoms with Crippen molar-refractivity contribution in [3.05, 3.63) is 64.8 Å². The van der Waals surface area contributed by atoms with E-state index in [4.69, 9.17) is 4.42 Å². The van der Waals surface area contributed by atoms with Crippen LogP contribution in [0.4, 0.5) is 0 Å². The molecule has 0 spiro atoms. The predicted octanol–water partition coefficient (Wildman–Crippen LogP) is 3.67. The molecule has 5 rings (SSSR count). The van der Waals surface area contributed by atoms with Crippen molar-refractivity contribution in [2.24, 2.45) is 0 Å². The molecule has 0 bridgehead atoms. The molecule has 2 amide bonds. The van der Waals surface area contributed by atoms with Crippen LogP contribution in [0.15, 0.2) is 63.7 Å². The quantitative estimate of drug-likeness (QED) is 0.377. The van der Waals surface area contributed by atoms with E-state index in [0.29, 0.717) is 41.2 Å². The summed E-state index contributed by atoms with van der Waals surface area (Å²) >= 11 is 2.88. The molecule has 2 N–H and O–H groups in total. The molecule has 9 nitrogen and oxygen atoms in total. The van der Waals surface area contributed by atoms with E-state index in [1.54, 1.807) is 11.6 Å². The van der Waals surface area contributed by atoms with Crippen LogP contribution in [0.1, 0.15) is 34.8 Å². The number of thioether (sulfide) groups is 1. The van der Waals surface area contributed by atoms with Crippen LogP contribution in [-0.4, -0.2) is 44.1 Å².